The minimum Gasteiger partial charge on any atom is -0.497 e. The fourth-order valence-corrected chi connectivity index (χ4v) is 1.98. The third-order valence-corrected chi connectivity index (χ3v) is 3.14. The van der Waals surface area contributed by atoms with Crippen molar-refractivity contribution in [2.75, 3.05) is 19.0 Å². The predicted molar refractivity (Wildman–Crippen MR) is 81.0 cm³/mol. The zero-order valence-corrected chi connectivity index (χ0v) is 11.6. The van der Waals surface area contributed by atoms with Crippen molar-refractivity contribution >= 4 is 5.69 Å². The van der Waals surface area contributed by atoms with Crippen molar-refractivity contribution in [2.45, 2.75) is 12.8 Å². The second kappa shape index (κ2) is 7.20. The number of anilines is 1. The van der Waals surface area contributed by atoms with E-state index in [4.69, 9.17) is 10.00 Å². The Bertz CT molecular complexity index is 567. The quantitative estimate of drug-likeness (QED) is 0.812. The van der Waals surface area contributed by atoms with Crippen LogP contribution in [0.3, 0.4) is 0 Å². The van der Waals surface area contributed by atoms with E-state index in [2.05, 4.69) is 23.5 Å². The van der Waals surface area contributed by atoms with Crippen LogP contribution in [-0.2, 0) is 6.42 Å². The first-order valence-corrected chi connectivity index (χ1v) is 6.69. The second-order valence-electron chi connectivity index (χ2n) is 4.57. The van der Waals surface area contributed by atoms with Gasteiger partial charge >= 0.3 is 0 Å². The second-order valence-corrected chi connectivity index (χ2v) is 4.57. The van der Waals surface area contributed by atoms with Crippen LogP contribution in [0.1, 0.15) is 17.5 Å². The molecule has 0 saturated carbocycles. The molecule has 0 radical (unpaired) electrons. The van der Waals surface area contributed by atoms with Crippen LogP contribution < -0.4 is 10.1 Å². The van der Waals surface area contributed by atoms with Crippen LogP contribution in [0.5, 0.6) is 5.75 Å². The van der Waals surface area contributed by atoms with Crippen molar-refractivity contribution in [3.8, 4) is 11.8 Å². The highest BCUT2D eigenvalue weighted by molar-refractivity contribution is 5.47. The molecule has 2 aromatic rings. The number of aryl methyl sites for hydroxylation is 1. The molecule has 2 rings (SSSR count). The number of nitrogens with zero attached hydrogens (tertiary/aromatic N) is 1. The van der Waals surface area contributed by atoms with Gasteiger partial charge in [-0.2, -0.15) is 5.26 Å². The summed E-state index contributed by atoms with van der Waals surface area (Å²) >= 11 is 0. The lowest BCUT2D eigenvalue weighted by molar-refractivity contribution is 0.414. The Morgan fingerprint density at radius 3 is 2.35 bits per heavy atom. The smallest absolute Gasteiger partial charge is 0.118 e. The molecule has 102 valence electrons. The van der Waals surface area contributed by atoms with Crippen molar-refractivity contribution in [1.82, 2.24) is 0 Å². The number of nitrogens with one attached hydrogen (secondary N) is 1. The maximum absolute atomic E-state index is 8.73. The Morgan fingerprint density at radius 1 is 1.05 bits per heavy atom. The summed E-state index contributed by atoms with van der Waals surface area (Å²) in [7, 11) is 1.68. The third-order valence-electron chi connectivity index (χ3n) is 3.14. The Hall–Kier alpha value is -2.47. The van der Waals surface area contributed by atoms with Crippen molar-refractivity contribution in [1.29, 1.82) is 5.26 Å². The molecule has 1 N–H and O–H groups in total. The molecule has 0 aliphatic rings. The molecule has 20 heavy (non-hydrogen) atoms. The van der Waals surface area contributed by atoms with Crippen molar-refractivity contribution in [2.24, 2.45) is 0 Å². The number of hydrogen-bond donors (Lipinski definition) is 1. The highest BCUT2D eigenvalue weighted by Crippen LogP contribution is 2.13. The van der Waals surface area contributed by atoms with Crippen LogP contribution in [0.25, 0.3) is 0 Å². The van der Waals surface area contributed by atoms with Crippen LogP contribution >= 0.6 is 0 Å². The summed E-state index contributed by atoms with van der Waals surface area (Å²) in [5.74, 6) is 0.893. The predicted octanol–water partition coefficient (Wildman–Crippen LogP) is 3.61. The molecule has 0 spiro atoms. The highest BCUT2D eigenvalue weighted by Gasteiger charge is 1.96. The van der Waals surface area contributed by atoms with Gasteiger partial charge in [0.1, 0.15) is 5.75 Å². The third kappa shape index (κ3) is 4.03. The first-order valence-electron chi connectivity index (χ1n) is 6.69. The highest BCUT2D eigenvalue weighted by atomic mass is 16.5. The Labute approximate surface area is 119 Å². The first-order chi connectivity index (χ1) is 9.81. The fourth-order valence-electron chi connectivity index (χ4n) is 1.98. The van der Waals surface area contributed by atoms with Crippen LogP contribution in [-0.4, -0.2) is 13.7 Å². The Morgan fingerprint density at radius 2 is 1.75 bits per heavy atom. The first kappa shape index (κ1) is 14.0. The zero-order valence-electron chi connectivity index (χ0n) is 11.6. The molecule has 3 heteroatoms. The number of ether oxygens (including phenoxy) is 1. The maximum Gasteiger partial charge on any atom is 0.118 e. The lowest BCUT2D eigenvalue weighted by atomic mass is 10.1. The minimum atomic E-state index is 0.689. The molecule has 3 nitrogen and oxygen atoms in total. The number of rotatable bonds is 6. The number of nitriles is 1. The maximum atomic E-state index is 8.73. The average molecular weight is 266 g/mol. The van der Waals surface area contributed by atoms with E-state index < -0.39 is 0 Å². The van der Waals surface area contributed by atoms with Crippen LogP contribution in [0.15, 0.2) is 48.5 Å². The zero-order chi connectivity index (χ0) is 14.2. The molecule has 0 heterocycles. The molecule has 0 atom stereocenters. The van der Waals surface area contributed by atoms with Gasteiger partial charge in [0.15, 0.2) is 0 Å². The van der Waals surface area contributed by atoms with Gasteiger partial charge in [0.2, 0.25) is 0 Å². The summed E-state index contributed by atoms with van der Waals surface area (Å²) in [6.07, 6.45) is 2.10. The lowest BCUT2D eigenvalue weighted by Crippen LogP contribution is -2.02. The van der Waals surface area contributed by atoms with Crippen LogP contribution in [0, 0.1) is 11.3 Å². The SMILES string of the molecule is COc1ccc(CCCNc2ccc(C#N)cc2)cc1. The van der Waals surface area contributed by atoms with E-state index in [-0.39, 0.29) is 0 Å². The van der Waals surface area contributed by atoms with Crippen LogP contribution in [0.4, 0.5) is 5.69 Å². The average Bonchev–Trinajstić information content (AvgIpc) is 2.53. The van der Waals surface area contributed by atoms with E-state index in [9.17, 15) is 0 Å². The molecule has 0 aliphatic carbocycles. The molecule has 0 aliphatic heterocycles. The van der Waals surface area contributed by atoms with Crippen LogP contribution in [0.2, 0.25) is 0 Å². The van der Waals surface area contributed by atoms with Gasteiger partial charge in [-0.15, -0.1) is 0 Å². The van der Waals surface area contributed by atoms with Gasteiger partial charge in [-0.05, 0) is 54.8 Å². The molecule has 0 saturated heterocycles. The standard InChI is InChI=1S/C17H18N2O/c1-20-17-10-6-14(7-11-17)3-2-12-19-16-8-4-15(13-18)5-9-16/h4-11,19H,2-3,12H2,1H3. The van der Waals surface area contributed by atoms with Gasteiger partial charge in [0, 0.05) is 12.2 Å². The largest absolute Gasteiger partial charge is 0.497 e. The topological polar surface area (TPSA) is 45.0 Å². The molecule has 2 aromatic carbocycles. The van der Waals surface area contributed by atoms with Gasteiger partial charge in [-0.1, -0.05) is 12.1 Å². The molecule has 0 aromatic heterocycles. The minimum absolute atomic E-state index is 0.689. The van der Waals surface area contributed by atoms with E-state index in [1.54, 1.807) is 7.11 Å². The Balaban J connectivity index is 1.74. The summed E-state index contributed by atoms with van der Waals surface area (Å²) in [5, 5.41) is 12.1. The number of hydrogen-bond acceptors (Lipinski definition) is 3. The molecule has 0 fully saturated rings. The van der Waals surface area contributed by atoms with Gasteiger partial charge in [0.25, 0.3) is 0 Å². The van der Waals surface area contributed by atoms with E-state index in [1.807, 2.05) is 36.4 Å². The van der Waals surface area contributed by atoms with E-state index in [1.165, 1.54) is 5.56 Å². The number of methoxy groups -OCH3 is 1. The van der Waals surface area contributed by atoms with E-state index in [0.717, 1.165) is 30.8 Å². The van der Waals surface area contributed by atoms with E-state index >= 15 is 0 Å². The van der Waals surface area contributed by atoms with E-state index in [0.29, 0.717) is 5.56 Å². The monoisotopic (exact) mass is 266 g/mol. The summed E-state index contributed by atoms with van der Waals surface area (Å²) in [6, 6.07) is 17.8. The summed E-state index contributed by atoms with van der Waals surface area (Å²) in [5.41, 5.74) is 3.06. The van der Waals surface area contributed by atoms with Crippen molar-refractivity contribution < 1.29 is 4.74 Å². The Kier molecular flexibility index (Phi) is 5.02. The summed E-state index contributed by atoms with van der Waals surface area (Å²) in [4.78, 5) is 0. The molecule has 0 amide bonds. The van der Waals surface area contributed by atoms with Gasteiger partial charge < -0.3 is 10.1 Å². The molecule has 0 bridgehead atoms. The fraction of sp³-hybridized carbons (Fsp3) is 0.235. The molecular weight excluding hydrogens is 248 g/mol. The van der Waals surface area contributed by atoms with Gasteiger partial charge in [0.05, 0.1) is 18.7 Å². The summed E-state index contributed by atoms with van der Waals surface area (Å²) < 4.78 is 5.14. The van der Waals surface area contributed by atoms with Crippen molar-refractivity contribution in [3.05, 3.63) is 59.7 Å². The normalized spacial score (nSPS) is 9.80. The van der Waals surface area contributed by atoms with Crippen molar-refractivity contribution in [3.63, 3.8) is 0 Å². The number of benzene rings is 2. The summed E-state index contributed by atoms with van der Waals surface area (Å²) in [6.45, 7) is 0.915. The van der Waals surface area contributed by atoms with Gasteiger partial charge in [-0.25, -0.2) is 0 Å². The van der Waals surface area contributed by atoms with Gasteiger partial charge in [-0.3, -0.25) is 0 Å². The molecule has 0 unspecified atom stereocenters. The lowest BCUT2D eigenvalue weighted by Gasteiger charge is -2.07. The molecular formula is C17H18N2O.